The Labute approximate surface area is 159 Å². The summed E-state index contributed by atoms with van der Waals surface area (Å²) >= 11 is 0. The van der Waals surface area contributed by atoms with Crippen LogP contribution in [0.15, 0.2) is 60.7 Å². The van der Waals surface area contributed by atoms with Gasteiger partial charge in [-0.3, -0.25) is 4.79 Å². The standard InChI is InChI=1S/C20H22N2O3.ClH/c23-19(15-16-7-3-1-4-8-16)21-17-11-13-22(14-12-17)20(24)25-18-9-5-2-6-10-18;/h1-10,17H,11-15H2,(H,21,23);1H. The number of likely N-dealkylation sites (tertiary alicyclic amines) is 1. The molecule has 0 spiro atoms. The van der Waals surface area contributed by atoms with Crippen LogP contribution in [0, 0.1) is 0 Å². The zero-order valence-corrected chi connectivity index (χ0v) is 15.3. The van der Waals surface area contributed by atoms with Crippen LogP contribution in [0.1, 0.15) is 18.4 Å². The lowest BCUT2D eigenvalue weighted by Crippen LogP contribution is -2.47. The van der Waals surface area contributed by atoms with E-state index < -0.39 is 0 Å². The average molecular weight is 375 g/mol. The maximum atomic E-state index is 12.2. The van der Waals surface area contributed by atoms with Gasteiger partial charge in [-0.1, -0.05) is 48.5 Å². The summed E-state index contributed by atoms with van der Waals surface area (Å²) in [6, 6.07) is 18.9. The van der Waals surface area contributed by atoms with Crippen LogP contribution in [-0.4, -0.2) is 36.0 Å². The number of hydrogen-bond donors (Lipinski definition) is 1. The molecule has 1 heterocycles. The number of halogens is 1. The normalized spacial score (nSPS) is 14.2. The summed E-state index contributed by atoms with van der Waals surface area (Å²) in [5.41, 5.74) is 1.00. The quantitative estimate of drug-likeness (QED) is 0.891. The van der Waals surface area contributed by atoms with Crippen molar-refractivity contribution in [2.24, 2.45) is 0 Å². The summed E-state index contributed by atoms with van der Waals surface area (Å²) in [6.45, 7) is 1.17. The molecule has 0 atom stereocenters. The third-order valence-corrected chi connectivity index (χ3v) is 4.27. The molecule has 0 saturated carbocycles. The Balaban J connectivity index is 0.00000243. The molecule has 1 aliphatic heterocycles. The van der Waals surface area contributed by atoms with Crippen LogP contribution in [0.25, 0.3) is 0 Å². The summed E-state index contributed by atoms with van der Waals surface area (Å²) in [5, 5.41) is 3.06. The summed E-state index contributed by atoms with van der Waals surface area (Å²) in [6.07, 6.45) is 1.53. The second-order valence-corrected chi connectivity index (χ2v) is 6.17. The number of amides is 2. The van der Waals surface area contributed by atoms with Gasteiger partial charge in [0.2, 0.25) is 5.91 Å². The van der Waals surface area contributed by atoms with E-state index in [2.05, 4.69) is 5.32 Å². The molecule has 5 nitrogen and oxygen atoms in total. The van der Waals surface area contributed by atoms with Gasteiger partial charge in [-0.25, -0.2) is 4.79 Å². The van der Waals surface area contributed by atoms with Gasteiger partial charge in [-0.2, -0.15) is 0 Å². The Morgan fingerprint density at radius 3 is 2.15 bits per heavy atom. The van der Waals surface area contributed by atoms with Crippen molar-refractivity contribution in [2.45, 2.75) is 25.3 Å². The highest BCUT2D eigenvalue weighted by Gasteiger charge is 2.25. The van der Waals surface area contributed by atoms with Crippen molar-refractivity contribution < 1.29 is 14.3 Å². The Kier molecular flexibility index (Phi) is 7.48. The number of ether oxygens (including phenoxy) is 1. The highest BCUT2D eigenvalue weighted by atomic mass is 35.5. The smallest absolute Gasteiger partial charge is 0.410 e. The lowest BCUT2D eigenvalue weighted by atomic mass is 10.0. The first-order valence-corrected chi connectivity index (χ1v) is 8.56. The maximum Gasteiger partial charge on any atom is 0.415 e. The number of nitrogens with zero attached hydrogens (tertiary/aromatic N) is 1. The Morgan fingerprint density at radius 2 is 1.54 bits per heavy atom. The molecule has 1 saturated heterocycles. The lowest BCUT2D eigenvalue weighted by molar-refractivity contribution is -0.121. The number of nitrogens with one attached hydrogen (secondary N) is 1. The maximum absolute atomic E-state index is 12.2. The van der Waals surface area contributed by atoms with Crippen LogP contribution < -0.4 is 10.1 Å². The molecule has 26 heavy (non-hydrogen) atoms. The van der Waals surface area contributed by atoms with Crippen LogP contribution in [0.2, 0.25) is 0 Å². The SMILES string of the molecule is Cl.O=C(Cc1ccccc1)NC1CCN(C(=O)Oc2ccccc2)CC1. The fourth-order valence-corrected chi connectivity index (χ4v) is 2.92. The highest BCUT2D eigenvalue weighted by Crippen LogP contribution is 2.15. The van der Waals surface area contributed by atoms with Crippen LogP contribution in [0.3, 0.4) is 0 Å². The van der Waals surface area contributed by atoms with E-state index >= 15 is 0 Å². The Hall–Kier alpha value is -2.53. The van der Waals surface area contributed by atoms with Crippen molar-refractivity contribution in [3.63, 3.8) is 0 Å². The number of benzene rings is 2. The third-order valence-electron chi connectivity index (χ3n) is 4.27. The number of para-hydroxylation sites is 1. The van der Waals surface area contributed by atoms with E-state index in [0.717, 1.165) is 18.4 Å². The van der Waals surface area contributed by atoms with E-state index in [1.807, 2.05) is 48.5 Å². The second kappa shape index (κ2) is 9.82. The molecule has 1 aliphatic rings. The molecule has 0 bridgehead atoms. The van der Waals surface area contributed by atoms with Crippen molar-refractivity contribution in [3.8, 4) is 5.75 Å². The summed E-state index contributed by atoms with van der Waals surface area (Å²) in [7, 11) is 0. The Bertz CT molecular complexity index is 702. The number of piperidine rings is 1. The van der Waals surface area contributed by atoms with Crippen LogP contribution >= 0.6 is 12.4 Å². The number of carbonyl (C=O) groups excluding carboxylic acids is 2. The van der Waals surface area contributed by atoms with Gasteiger partial charge in [0.1, 0.15) is 5.75 Å². The van der Waals surface area contributed by atoms with Crippen molar-refractivity contribution >= 4 is 24.4 Å². The summed E-state index contributed by atoms with van der Waals surface area (Å²) in [5.74, 6) is 0.572. The molecule has 6 heteroatoms. The summed E-state index contributed by atoms with van der Waals surface area (Å²) < 4.78 is 5.35. The van der Waals surface area contributed by atoms with E-state index in [-0.39, 0.29) is 30.4 Å². The van der Waals surface area contributed by atoms with Gasteiger partial charge < -0.3 is 15.0 Å². The molecule has 0 radical (unpaired) electrons. The first-order chi connectivity index (χ1) is 12.2. The molecule has 1 N–H and O–H groups in total. The zero-order valence-electron chi connectivity index (χ0n) is 14.5. The van der Waals surface area contributed by atoms with Gasteiger partial charge in [0.25, 0.3) is 0 Å². The van der Waals surface area contributed by atoms with Crippen LogP contribution in [0.4, 0.5) is 4.79 Å². The summed E-state index contributed by atoms with van der Waals surface area (Å²) in [4.78, 5) is 26.0. The van der Waals surface area contributed by atoms with E-state index in [1.54, 1.807) is 17.0 Å². The van der Waals surface area contributed by atoms with Gasteiger partial charge in [0.05, 0.1) is 6.42 Å². The minimum absolute atomic E-state index is 0. The second-order valence-electron chi connectivity index (χ2n) is 6.17. The van der Waals surface area contributed by atoms with Gasteiger partial charge >= 0.3 is 6.09 Å². The minimum Gasteiger partial charge on any atom is -0.410 e. The molecule has 1 fully saturated rings. The van der Waals surface area contributed by atoms with Crippen LogP contribution in [0.5, 0.6) is 5.75 Å². The minimum atomic E-state index is -0.333. The van der Waals surface area contributed by atoms with Gasteiger partial charge in [-0.15, -0.1) is 12.4 Å². The molecule has 2 aromatic carbocycles. The topological polar surface area (TPSA) is 58.6 Å². The molecule has 0 unspecified atom stereocenters. The fraction of sp³-hybridized carbons (Fsp3) is 0.300. The third kappa shape index (κ3) is 5.77. The van der Waals surface area contributed by atoms with Gasteiger partial charge in [0.15, 0.2) is 0 Å². The van der Waals surface area contributed by atoms with E-state index in [0.29, 0.717) is 25.3 Å². The van der Waals surface area contributed by atoms with Crippen LogP contribution in [-0.2, 0) is 11.2 Å². The number of hydrogen-bond acceptors (Lipinski definition) is 3. The van der Waals surface area contributed by atoms with Crippen molar-refractivity contribution in [2.75, 3.05) is 13.1 Å². The molecule has 2 aromatic rings. The van der Waals surface area contributed by atoms with E-state index in [9.17, 15) is 9.59 Å². The fourth-order valence-electron chi connectivity index (χ4n) is 2.92. The molecule has 3 rings (SSSR count). The first-order valence-electron chi connectivity index (χ1n) is 8.56. The molecule has 2 amide bonds. The first kappa shape index (κ1) is 19.8. The monoisotopic (exact) mass is 374 g/mol. The number of rotatable bonds is 4. The van der Waals surface area contributed by atoms with Crippen molar-refractivity contribution in [1.29, 1.82) is 0 Å². The largest absolute Gasteiger partial charge is 0.415 e. The predicted octanol–water partition coefficient (Wildman–Crippen LogP) is 3.43. The molecular formula is C20H23ClN2O3. The van der Waals surface area contributed by atoms with E-state index in [4.69, 9.17) is 4.74 Å². The van der Waals surface area contributed by atoms with Crippen molar-refractivity contribution in [1.82, 2.24) is 10.2 Å². The molecule has 138 valence electrons. The van der Waals surface area contributed by atoms with Crippen molar-refractivity contribution in [3.05, 3.63) is 66.2 Å². The lowest BCUT2D eigenvalue weighted by Gasteiger charge is -2.31. The van der Waals surface area contributed by atoms with Gasteiger partial charge in [-0.05, 0) is 30.5 Å². The average Bonchev–Trinajstić information content (AvgIpc) is 2.64. The molecule has 0 aliphatic carbocycles. The highest BCUT2D eigenvalue weighted by molar-refractivity contribution is 5.85. The predicted molar refractivity (Wildman–Crippen MR) is 103 cm³/mol. The Morgan fingerprint density at radius 1 is 0.962 bits per heavy atom. The zero-order chi connectivity index (χ0) is 17.5. The molecular weight excluding hydrogens is 352 g/mol. The number of carbonyl (C=O) groups is 2. The molecule has 0 aromatic heterocycles. The van der Waals surface area contributed by atoms with Gasteiger partial charge in [0, 0.05) is 19.1 Å². The van der Waals surface area contributed by atoms with E-state index in [1.165, 1.54) is 0 Å².